The molecule has 2 aromatic rings. The van der Waals surface area contributed by atoms with Gasteiger partial charge in [0.15, 0.2) is 0 Å². The lowest BCUT2D eigenvalue weighted by Crippen LogP contribution is -2.12. The molecule has 0 aliphatic carbocycles. The Bertz CT molecular complexity index is 591. The van der Waals surface area contributed by atoms with Gasteiger partial charge in [-0.15, -0.1) is 0 Å². The number of nitrogens with two attached hydrogens (primary N) is 1. The summed E-state index contributed by atoms with van der Waals surface area (Å²) in [6.07, 6.45) is 0. The summed E-state index contributed by atoms with van der Waals surface area (Å²) in [5.41, 5.74) is 8.80. The van der Waals surface area contributed by atoms with Crippen molar-refractivity contribution in [2.75, 3.05) is 7.11 Å². The molecule has 3 heteroatoms. The lowest BCUT2D eigenvalue weighted by atomic mass is 9.97. The summed E-state index contributed by atoms with van der Waals surface area (Å²) < 4.78 is 5.35. The van der Waals surface area contributed by atoms with Gasteiger partial charge in [-0.3, -0.25) is 4.79 Å². The van der Waals surface area contributed by atoms with Crippen molar-refractivity contribution in [1.29, 1.82) is 0 Å². The summed E-state index contributed by atoms with van der Waals surface area (Å²) in [7, 11) is 1.55. The van der Waals surface area contributed by atoms with Crippen LogP contribution in [0.3, 0.4) is 0 Å². The quantitative estimate of drug-likeness (QED) is 0.898. The Hall–Kier alpha value is -2.29. The number of rotatable bonds is 3. The van der Waals surface area contributed by atoms with E-state index in [-0.39, 0.29) is 0 Å². The van der Waals surface area contributed by atoms with E-state index in [4.69, 9.17) is 10.5 Å². The Kier molecular flexibility index (Phi) is 3.33. The first-order chi connectivity index (χ1) is 8.65. The summed E-state index contributed by atoms with van der Waals surface area (Å²) in [5, 5.41) is 0. The van der Waals surface area contributed by atoms with Crippen LogP contribution in [0.1, 0.15) is 15.9 Å². The third kappa shape index (κ3) is 2.07. The fourth-order valence-corrected chi connectivity index (χ4v) is 2.04. The van der Waals surface area contributed by atoms with Crippen molar-refractivity contribution in [1.82, 2.24) is 0 Å². The number of carbonyl (C=O) groups is 1. The van der Waals surface area contributed by atoms with Crippen LogP contribution >= 0.6 is 0 Å². The Labute approximate surface area is 106 Å². The Morgan fingerprint density at radius 1 is 1.06 bits per heavy atom. The zero-order valence-corrected chi connectivity index (χ0v) is 10.4. The lowest BCUT2D eigenvalue weighted by molar-refractivity contribution is 0.0997. The summed E-state index contributed by atoms with van der Waals surface area (Å²) >= 11 is 0. The van der Waals surface area contributed by atoms with Gasteiger partial charge >= 0.3 is 0 Å². The molecule has 0 aliphatic heterocycles. The first kappa shape index (κ1) is 12.2. The van der Waals surface area contributed by atoms with Crippen LogP contribution in [0.2, 0.25) is 0 Å². The highest BCUT2D eigenvalue weighted by molar-refractivity contribution is 5.98. The number of amides is 1. The molecule has 0 aliphatic rings. The van der Waals surface area contributed by atoms with Crippen LogP contribution in [0, 0.1) is 6.92 Å². The fraction of sp³-hybridized carbons (Fsp3) is 0.133. The molecular formula is C15H15NO2. The standard InChI is InChI=1S/C15H15NO2/c1-10-6-3-4-7-11(10)12-8-5-9-13(15(16)17)14(12)18-2/h3-9H,1-2H3,(H2,16,17). The zero-order valence-electron chi connectivity index (χ0n) is 10.4. The van der Waals surface area contributed by atoms with Crippen LogP contribution in [-0.2, 0) is 0 Å². The first-order valence-electron chi connectivity index (χ1n) is 5.68. The number of carbonyl (C=O) groups excluding carboxylic acids is 1. The van der Waals surface area contributed by atoms with Gasteiger partial charge in [0, 0.05) is 5.56 Å². The molecule has 3 nitrogen and oxygen atoms in total. The monoisotopic (exact) mass is 241 g/mol. The second-order valence-electron chi connectivity index (χ2n) is 4.07. The minimum absolute atomic E-state index is 0.401. The van der Waals surface area contributed by atoms with Gasteiger partial charge in [0.2, 0.25) is 0 Å². The van der Waals surface area contributed by atoms with Crippen LogP contribution in [0.4, 0.5) is 0 Å². The van der Waals surface area contributed by atoms with Gasteiger partial charge in [0.25, 0.3) is 5.91 Å². The molecule has 0 radical (unpaired) electrons. The third-order valence-electron chi connectivity index (χ3n) is 2.92. The van der Waals surface area contributed by atoms with Gasteiger partial charge in [0.05, 0.1) is 12.7 Å². The van der Waals surface area contributed by atoms with E-state index in [0.717, 1.165) is 16.7 Å². The molecule has 0 spiro atoms. The molecule has 0 saturated carbocycles. The minimum atomic E-state index is -0.484. The Morgan fingerprint density at radius 3 is 2.33 bits per heavy atom. The molecule has 1 amide bonds. The smallest absolute Gasteiger partial charge is 0.252 e. The van der Waals surface area contributed by atoms with Gasteiger partial charge in [-0.25, -0.2) is 0 Å². The van der Waals surface area contributed by atoms with Crippen LogP contribution < -0.4 is 10.5 Å². The highest BCUT2D eigenvalue weighted by atomic mass is 16.5. The maximum Gasteiger partial charge on any atom is 0.252 e. The van der Waals surface area contributed by atoms with Gasteiger partial charge < -0.3 is 10.5 Å². The van der Waals surface area contributed by atoms with Crippen molar-refractivity contribution in [2.24, 2.45) is 5.73 Å². The zero-order chi connectivity index (χ0) is 13.1. The van der Waals surface area contributed by atoms with Gasteiger partial charge in [0.1, 0.15) is 5.75 Å². The number of primary amides is 1. The average Bonchev–Trinajstić information content (AvgIpc) is 2.38. The predicted molar refractivity (Wildman–Crippen MR) is 71.7 cm³/mol. The first-order valence-corrected chi connectivity index (χ1v) is 5.68. The molecule has 0 unspecified atom stereocenters. The molecule has 0 fully saturated rings. The highest BCUT2D eigenvalue weighted by Gasteiger charge is 2.15. The van der Waals surface area contributed by atoms with Crippen molar-refractivity contribution in [3.63, 3.8) is 0 Å². The van der Waals surface area contributed by atoms with Crippen molar-refractivity contribution in [3.8, 4) is 16.9 Å². The molecule has 0 bridgehead atoms. The second kappa shape index (κ2) is 4.92. The van der Waals surface area contributed by atoms with Crippen LogP contribution in [0.5, 0.6) is 5.75 Å². The van der Waals surface area contributed by atoms with Gasteiger partial charge in [-0.05, 0) is 24.1 Å². The number of hydrogen-bond acceptors (Lipinski definition) is 2. The number of aryl methyl sites for hydroxylation is 1. The number of para-hydroxylation sites is 1. The maximum absolute atomic E-state index is 11.4. The average molecular weight is 241 g/mol. The Morgan fingerprint density at radius 2 is 1.72 bits per heavy atom. The molecule has 0 atom stereocenters. The third-order valence-corrected chi connectivity index (χ3v) is 2.92. The van der Waals surface area contributed by atoms with Crippen LogP contribution in [-0.4, -0.2) is 13.0 Å². The number of benzene rings is 2. The molecule has 0 saturated heterocycles. The molecule has 2 aromatic carbocycles. The summed E-state index contributed by atoms with van der Waals surface area (Å²) in [4.78, 5) is 11.4. The second-order valence-corrected chi connectivity index (χ2v) is 4.07. The van der Waals surface area contributed by atoms with E-state index >= 15 is 0 Å². The molecule has 18 heavy (non-hydrogen) atoms. The van der Waals surface area contributed by atoms with Gasteiger partial charge in [-0.2, -0.15) is 0 Å². The fourth-order valence-electron chi connectivity index (χ4n) is 2.04. The number of hydrogen-bond donors (Lipinski definition) is 1. The maximum atomic E-state index is 11.4. The molecule has 92 valence electrons. The minimum Gasteiger partial charge on any atom is -0.495 e. The lowest BCUT2D eigenvalue weighted by Gasteiger charge is -2.13. The van der Waals surface area contributed by atoms with E-state index in [1.807, 2.05) is 43.3 Å². The Balaban J connectivity index is 2.69. The molecule has 2 rings (SSSR count). The van der Waals surface area contributed by atoms with Gasteiger partial charge in [-0.1, -0.05) is 36.4 Å². The number of ether oxygens (including phenoxy) is 1. The molecule has 0 heterocycles. The SMILES string of the molecule is COc1c(C(N)=O)cccc1-c1ccccc1C. The van der Waals surface area contributed by atoms with E-state index in [1.54, 1.807) is 13.2 Å². The van der Waals surface area contributed by atoms with E-state index in [9.17, 15) is 4.79 Å². The van der Waals surface area contributed by atoms with Crippen LogP contribution in [0.15, 0.2) is 42.5 Å². The van der Waals surface area contributed by atoms with Crippen molar-refractivity contribution >= 4 is 5.91 Å². The predicted octanol–water partition coefficient (Wildman–Crippen LogP) is 2.77. The van der Waals surface area contributed by atoms with E-state index in [0.29, 0.717) is 11.3 Å². The van der Waals surface area contributed by atoms with E-state index < -0.39 is 5.91 Å². The van der Waals surface area contributed by atoms with E-state index in [1.165, 1.54) is 0 Å². The summed E-state index contributed by atoms with van der Waals surface area (Å²) in [5.74, 6) is 0.0431. The van der Waals surface area contributed by atoms with Crippen molar-refractivity contribution in [3.05, 3.63) is 53.6 Å². The topological polar surface area (TPSA) is 52.3 Å². The normalized spacial score (nSPS) is 10.1. The molecule has 2 N–H and O–H groups in total. The van der Waals surface area contributed by atoms with Crippen molar-refractivity contribution < 1.29 is 9.53 Å². The van der Waals surface area contributed by atoms with E-state index in [2.05, 4.69) is 0 Å². The summed E-state index contributed by atoms with van der Waals surface area (Å²) in [6.45, 7) is 2.02. The largest absolute Gasteiger partial charge is 0.495 e. The molecule has 0 aromatic heterocycles. The van der Waals surface area contributed by atoms with Crippen LogP contribution in [0.25, 0.3) is 11.1 Å². The molecular weight excluding hydrogens is 226 g/mol. The highest BCUT2D eigenvalue weighted by Crippen LogP contribution is 2.34. The number of methoxy groups -OCH3 is 1. The van der Waals surface area contributed by atoms with Crippen molar-refractivity contribution in [2.45, 2.75) is 6.92 Å². The summed E-state index contributed by atoms with van der Waals surface area (Å²) in [6, 6.07) is 13.4.